The minimum Gasteiger partial charge on any atom is -0.379 e. The molecule has 2 fully saturated rings. The number of ketones is 4. The Hall–Kier alpha value is -7.69. The summed E-state index contributed by atoms with van der Waals surface area (Å²) in [7, 11) is 0. The fraction of sp³-hybridized carbons (Fsp3) is 0.607. The highest BCUT2D eigenvalue weighted by Gasteiger charge is 2.43. The summed E-state index contributed by atoms with van der Waals surface area (Å²) in [5, 5.41) is 25.9. The lowest BCUT2D eigenvalue weighted by atomic mass is 9.87. The van der Waals surface area contributed by atoms with Crippen molar-refractivity contribution in [1.82, 2.24) is 66.8 Å². The van der Waals surface area contributed by atoms with Crippen LogP contribution in [0.25, 0.3) is 0 Å². The molecule has 6 heterocycles. The molecule has 27 nitrogen and oxygen atoms in total. The molecule has 89 heavy (non-hydrogen) atoms. The van der Waals surface area contributed by atoms with Crippen molar-refractivity contribution in [2.75, 3.05) is 51.9 Å². The number of benzene rings is 1. The number of hydrogen-bond acceptors (Lipinski definition) is 18. The monoisotopic (exact) mass is 1250 g/mol. The molecule has 2 bridgehead atoms. The molecular formula is C61H86N14O13S. The molecule has 9 atom stereocenters. The number of ether oxygens (including phenoxy) is 3. The van der Waals surface area contributed by atoms with E-state index in [0.717, 1.165) is 25.0 Å². The molecule has 0 unspecified atom stereocenters. The number of carbonyl (C=O) groups excluding carboxylic acids is 10. The molecule has 2 saturated heterocycles. The number of urea groups is 1. The number of thioether (sulfide) groups is 1. The van der Waals surface area contributed by atoms with Crippen molar-refractivity contribution in [3.63, 3.8) is 0 Å². The second-order valence-electron chi connectivity index (χ2n) is 23.4. The number of Topliss-reactive ketones (excluding diaryl/α,β-unsaturated/α-hetero) is 4. The van der Waals surface area contributed by atoms with Gasteiger partial charge in [0.05, 0.1) is 93.2 Å². The van der Waals surface area contributed by atoms with E-state index in [1.54, 1.807) is 49.0 Å². The van der Waals surface area contributed by atoms with E-state index in [1.165, 1.54) is 25.0 Å². The van der Waals surface area contributed by atoms with E-state index in [2.05, 4.69) is 62.1 Å². The molecule has 0 spiro atoms. The van der Waals surface area contributed by atoms with E-state index in [1.807, 2.05) is 17.8 Å². The Bertz CT molecular complexity index is 2950. The zero-order chi connectivity index (χ0) is 63.5. The first-order valence-electron chi connectivity index (χ1n) is 30.8. The van der Waals surface area contributed by atoms with Crippen LogP contribution in [0, 0.1) is 23.7 Å². The molecule has 28 heteroatoms. The molecule has 1 aromatic carbocycles. The van der Waals surface area contributed by atoms with E-state index in [-0.39, 0.29) is 95.3 Å². The number of nitrogens with one attached hydrogen (secondary N) is 8. The topological polar surface area (TPSA) is 385 Å². The number of H-pyrrole nitrogens is 2. The number of rotatable bonds is 27. The minimum atomic E-state index is -1.19. The predicted octanol–water partition coefficient (Wildman–Crippen LogP) is 1.74. The Balaban J connectivity index is 0.979. The molecule has 10 N–H and O–H groups in total. The van der Waals surface area contributed by atoms with E-state index < -0.39 is 102 Å². The summed E-state index contributed by atoms with van der Waals surface area (Å²) < 4.78 is 18.6. The van der Waals surface area contributed by atoms with Gasteiger partial charge in [-0.1, -0.05) is 55.8 Å². The van der Waals surface area contributed by atoms with E-state index in [0.29, 0.717) is 79.8 Å². The third-order valence-corrected chi connectivity index (χ3v) is 17.5. The zero-order valence-corrected chi connectivity index (χ0v) is 51.6. The summed E-state index contributed by atoms with van der Waals surface area (Å²) in [6.07, 6.45) is 11.7. The van der Waals surface area contributed by atoms with Gasteiger partial charge in [0.1, 0.15) is 18.4 Å². The average molecular weight is 1260 g/mol. The predicted molar refractivity (Wildman–Crippen MR) is 325 cm³/mol. The average Bonchev–Trinajstić information content (AvgIpc) is 2.03. The van der Waals surface area contributed by atoms with Crippen molar-refractivity contribution in [1.29, 1.82) is 0 Å². The van der Waals surface area contributed by atoms with Crippen LogP contribution in [0.2, 0.25) is 0 Å². The van der Waals surface area contributed by atoms with Crippen LogP contribution in [0.3, 0.4) is 0 Å². The van der Waals surface area contributed by atoms with Gasteiger partial charge in [-0.05, 0) is 56.4 Å². The molecule has 4 aromatic rings. The molecule has 0 aliphatic carbocycles. The number of amides is 7. The largest absolute Gasteiger partial charge is 0.379 e. The number of unbranched alkanes of at least 4 members (excludes halogenated alkanes) is 1. The van der Waals surface area contributed by atoms with Crippen molar-refractivity contribution < 1.29 is 62.2 Å². The highest BCUT2D eigenvalue weighted by molar-refractivity contribution is 8.00. The van der Waals surface area contributed by atoms with Gasteiger partial charge in [0.2, 0.25) is 29.5 Å². The SMILES string of the molecule is CC(C)[C@H]1NC(=O)[C@@H](Cc2cnc[nH]2)CC(=O)[C@@H](Cc2ccccc2)NC(=O)[C@@H](CC(=O)COCCOCCOCCCC(=O)CCCC[C@H]2SC[C@H]3NC(=O)N[C@H]32)Cc2cn(nn2)CCCC[C@@H](C(N)=O)NC(=O)CNC(=O)[C@@H](Cc2cnc[nH]2)CC1=O. The van der Waals surface area contributed by atoms with E-state index in [9.17, 15) is 47.9 Å². The fourth-order valence-corrected chi connectivity index (χ4v) is 12.7. The lowest BCUT2D eigenvalue weighted by Gasteiger charge is -2.27. The van der Waals surface area contributed by atoms with Crippen molar-refractivity contribution >= 4 is 70.5 Å². The molecule has 7 rings (SSSR count). The Morgan fingerprint density at radius 1 is 0.708 bits per heavy atom. The Labute approximate surface area is 521 Å². The quantitative estimate of drug-likeness (QED) is 0.0303. The number of nitrogens with zero attached hydrogens (tertiary/aromatic N) is 5. The maximum absolute atomic E-state index is 14.8. The zero-order valence-electron chi connectivity index (χ0n) is 50.8. The molecule has 3 aromatic heterocycles. The van der Waals surface area contributed by atoms with E-state index in [4.69, 9.17) is 19.9 Å². The van der Waals surface area contributed by atoms with Gasteiger partial charge >= 0.3 is 6.03 Å². The maximum atomic E-state index is 14.8. The number of primary amides is 1. The van der Waals surface area contributed by atoms with E-state index >= 15 is 0 Å². The number of imidazole rings is 2. The molecule has 3 aliphatic heterocycles. The number of aryl methyl sites for hydroxylation is 1. The molecule has 0 radical (unpaired) electrons. The Morgan fingerprint density at radius 3 is 2.08 bits per heavy atom. The molecule has 3 aliphatic rings. The van der Waals surface area contributed by atoms with Crippen LogP contribution in [0.4, 0.5) is 4.79 Å². The summed E-state index contributed by atoms with van der Waals surface area (Å²) >= 11 is 1.87. The number of hydrogen-bond donors (Lipinski definition) is 9. The standard InChI is InChI=1S/C61H86N14O13S/c1-38(2)55-52(79)29-41(24-43-30-63-36-66-43)58(82)65-32-54(80)68-48(57(62)81)15-8-9-17-75-33-45(73-74-75)26-40(59(83)69-49(23-39-11-4-3-5-12-39)51(78)28-42(60(84)71-55)25-44-31-64-37-67-44)27-47(77)34-88-22-21-87-20-19-86-18-10-14-46(76)13-6-7-16-53-56-50(35-89-53)70-61(85)72-56/h3-5,11-12,30-31,33,36-38,40-42,48-50,53,55-56H,6-10,13-29,32,34-35H2,1-2H3,(H2,62,81)(H,63,66)(H,64,67)(H,65,82)(H,68,80)(H,69,83)(H,71,84)(H2,70,72,85)/t40-,41+,42+,48+,49-,50-,53-,55-,56-/m1/s1. The Morgan fingerprint density at radius 2 is 1.38 bits per heavy atom. The van der Waals surface area contributed by atoms with Gasteiger partial charge in [0.15, 0.2) is 17.3 Å². The van der Waals surface area contributed by atoms with Gasteiger partial charge < -0.3 is 61.8 Å². The summed E-state index contributed by atoms with van der Waals surface area (Å²) in [5.74, 6) is -7.35. The number of aromatic amines is 2. The van der Waals surface area contributed by atoms with Crippen molar-refractivity contribution in [3.05, 3.63) is 84.2 Å². The van der Waals surface area contributed by atoms with Gasteiger partial charge in [0.25, 0.3) is 0 Å². The van der Waals surface area contributed by atoms with Gasteiger partial charge in [0, 0.05) is 105 Å². The normalized spacial score (nSPS) is 23.8. The molecule has 0 saturated carbocycles. The maximum Gasteiger partial charge on any atom is 0.315 e. The van der Waals surface area contributed by atoms with Crippen molar-refractivity contribution in [2.24, 2.45) is 29.4 Å². The van der Waals surface area contributed by atoms with Crippen LogP contribution in [0.15, 0.2) is 61.6 Å². The van der Waals surface area contributed by atoms with Gasteiger partial charge in [-0.3, -0.25) is 47.8 Å². The molecule has 7 amide bonds. The van der Waals surface area contributed by atoms with Crippen molar-refractivity contribution in [3.8, 4) is 0 Å². The van der Waals surface area contributed by atoms with Gasteiger partial charge in [-0.2, -0.15) is 11.8 Å². The summed E-state index contributed by atoms with van der Waals surface area (Å²) in [6, 6.07) is 5.87. The van der Waals surface area contributed by atoms with Crippen LogP contribution in [-0.2, 0) is 89.6 Å². The van der Waals surface area contributed by atoms with Gasteiger partial charge in [-0.15, -0.1) is 5.10 Å². The van der Waals surface area contributed by atoms with Crippen LogP contribution in [0.1, 0.15) is 114 Å². The fourth-order valence-electron chi connectivity index (χ4n) is 11.2. The first-order valence-corrected chi connectivity index (χ1v) is 31.9. The first-order chi connectivity index (χ1) is 43.0. The lowest BCUT2D eigenvalue weighted by Crippen LogP contribution is -2.50. The second-order valence-corrected chi connectivity index (χ2v) is 24.7. The number of fused-ring (bicyclic) bond motifs is 3. The van der Waals surface area contributed by atoms with Crippen LogP contribution in [0.5, 0.6) is 0 Å². The summed E-state index contributed by atoms with van der Waals surface area (Å²) in [4.78, 5) is 150. The Kier molecular flexibility index (Phi) is 27.9. The summed E-state index contributed by atoms with van der Waals surface area (Å²) in [6.45, 7) is 4.12. The second kappa shape index (κ2) is 36.1. The first kappa shape index (κ1) is 68.8. The third kappa shape index (κ3) is 23.3. The minimum absolute atomic E-state index is 0.00711. The molecule has 484 valence electrons. The number of aromatic nitrogens is 7. The number of carbonyl (C=O) groups is 10. The van der Waals surface area contributed by atoms with Gasteiger partial charge in [-0.25, -0.2) is 14.8 Å². The number of nitrogens with two attached hydrogens (primary N) is 1. The summed E-state index contributed by atoms with van der Waals surface area (Å²) in [5.41, 5.74) is 7.82. The smallest absolute Gasteiger partial charge is 0.315 e. The lowest BCUT2D eigenvalue weighted by molar-refractivity contribution is -0.136. The third-order valence-electron chi connectivity index (χ3n) is 16.0. The van der Waals surface area contributed by atoms with Crippen LogP contribution >= 0.6 is 11.8 Å². The highest BCUT2D eigenvalue weighted by Crippen LogP contribution is 2.33. The van der Waals surface area contributed by atoms with Crippen LogP contribution < -0.4 is 37.6 Å². The van der Waals surface area contributed by atoms with Crippen LogP contribution in [-0.4, -0.2) is 181 Å². The van der Waals surface area contributed by atoms with Crippen molar-refractivity contribution in [2.45, 2.75) is 159 Å². The molecular weight excluding hydrogens is 1170 g/mol. The highest BCUT2D eigenvalue weighted by atomic mass is 32.2.